The van der Waals surface area contributed by atoms with Gasteiger partial charge in [0.2, 0.25) is 5.95 Å². The van der Waals surface area contributed by atoms with E-state index in [2.05, 4.69) is 22.0 Å². The van der Waals surface area contributed by atoms with Crippen molar-refractivity contribution in [3.8, 4) is 0 Å². The minimum atomic E-state index is 0.0344. The molecular formula is C23H24N6O2. The van der Waals surface area contributed by atoms with Gasteiger partial charge in [-0.1, -0.05) is 30.3 Å². The lowest BCUT2D eigenvalue weighted by atomic mass is 10.1. The Morgan fingerprint density at radius 3 is 2.61 bits per heavy atom. The Morgan fingerprint density at radius 1 is 1.06 bits per heavy atom. The first-order valence-corrected chi connectivity index (χ1v) is 10.4. The SMILES string of the molecule is COCc1nnc2c3ccccc3nc(N3CCN(C(=O)c4ccccc4)[C@H](C)C3)n12. The number of amides is 1. The van der Waals surface area contributed by atoms with Crippen LogP contribution >= 0.6 is 0 Å². The Morgan fingerprint density at radius 2 is 1.84 bits per heavy atom. The second kappa shape index (κ2) is 7.96. The van der Waals surface area contributed by atoms with Crippen molar-refractivity contribution < 1.29 is 9.53 Å². The van der Waals surface area contributed by atoms with Crippen molar-refractivity contribution in [2.45, 2.75) is 19.6 Å². The topological polar surface area (TPSA) is 75.9 Å². The molecule has 8 nitrogen and oxygen atoms in total. The van der Waals surface area contributed by atoms with Gasteiger partial charge in [-0.05, 0) is 31.2 Å². The maximum absolute atomic E-state index is 13.0. The number of piperazine rings is 1. The number of fused-ring (bicyclic) bond motifs is 3. The summed E-state index contributed by atoms with van der Waals surface area (Å²) in [6.07, 6.45) is 0. The molecule has 1 atom stereocenters. The number of hydrogen-bond acceptors (Lipinski definition) is 6. The van der Waals surface area contributed by atoms with Crippen molar-refractivity contribution >= 4 is 28.4 Å². The zero-order valence-corrected chi connectivity index (χ0v) is 17.6. The van der Waals surface area contributed by atoms with Gasteiger partial charge in [0.05, 0.1) is 5.52 Å². The number of para-hydroxylation sites is 1. The van der Waals surface area contributed by atoms with Crippen molar-refractivity contribution in [2.24, 2.45) is 0 Å². The molecule has 31 heavy (non-hydrogen) atoms. The highest BCUT2D eigenvalue weighted by atomic mass is 16.5. The minimum Gasteiger partial charge on any atom is -0.377 e. The predicted molar refractivity (Wildman–Crippen MR) is 118 cm³/mol. The molecule has 3 heterocycles. The van der Waals surface area contributed by atoms with Crippen molar-refractivity contribution in [2.75, 3.05) is 31.6 Å². The number of rotatable bonds is 4. The average molecular weight is 416 g/mol. The van der Waals surface area contributed by atoms with Crippen LogP contribution in [-0.2, 0) is 11.3 Å². The Bertz CT molecular complexity index is 1240. The molecule has 2 aromatic carbocycles. The number of hydrogen-bond donors (Lipinski definition) is 0. The van der Waals surface area contributed by atoms with Gasteiger partial charge in [-0.3, -0.25) is 4.79 Å². The Hall–Kier alpha value is -3.52. The maximum atomic E-state index is 13.0. The van der Waals surface area contributed by atoms with Crippen molar-refractivity contribution in [3.63, 3.8) is 0 Å². The number of nitrogens with zero attached hydrogens (tertiary/aromatic N) is 6. The highest BCUT2D eigenvalue weighted by Crippen LogP contribution is 2.26. The summed E-state index contributed by atoms with van der Waals surface area (Å²) in [6, 6.07) is 17.4. The molecular weight excluding hydrogens is 392 g/mol. The molecule has 4 aromatic rings. The minimum absolute atomic E-state index is 0.0344. The van der Waals surface area contributed by atoms with E-state index in [-0.39, 0.29) is 11.9 Å². The quantitative estimate of drug-likeness (QED) is 0.509. The van der Waals surface area contributed by atoms with Crippen LogP contribution in [0.2, 0.25) is 0 Å². The summed E-state index contributed by atoms with van der Waals surface area (Å²) in [7, 11) is 1.64. The van der Waals surface area contributed by atoms with Gasteiger partial charge >= 0.3 is 0 Å². The number of anilines is 1. The zero-order chi connectivity index (χ0) is 21.4. The molecule has 1 amide bonds. The highest BCUT2D eigenvalue weighted by Gasteiger charge is 2.30. The van der Waals surface area contributed by atoms with E-state index < -0.39 is 0 Å². The molecule has 1 saturated heterocycles. The van der Waals surface area contributed by atoms with Crippen LogP contribution in [0.15, 0.2) is 54.6 Å². The fourth-order valence-corrected chi connectivity index (χ4v) is 4.24. The molecule has 0 spiro atoms. The smallest absolute Gasteiger partial charge is 0.254 e. The van der Waals surface area contributed by atoms with Crippen LogP contribution in [0, 0.1) is 0 Å². The number of carbonyl (C=O) groups is 1. The van der Waals surface area contributed by atoms with Gasteiger partial charge < -0.3 is 14.5 Å². The molecule has 1 fully saturated rings. The van der Waals surface area contributed by atoms with Crippen LogP contribution < -0.4 is 4.90 Å². The first-order valence-electron chi connectivity index (χ1n) is 10.4. The summed E-state index contributed by atoms with van der Waals surface area (Å²) in [5, 5.41) is 9.72. The van der Waals surface area contributed by atoms with Crippen LogP contribution in [0.4, 0.5) is 5.95 Å². The van der Waals surface area contributed by atoms with Gasteiger partial charge in [0, 0.05) is 43.7 Å². The third-order valence-corrected chi connectivity index (χ3v) is 5.76. The zero-order valence-electron chi connectivity index (χ0n) is 17.6. The number of benzene rings is 2. The van der Waals surface area contributed by atoms with Crippen molar-refractivity contribution in [1.29, 1.82) is 0 Å². The van der Waals surface area contributed by atoms with Gasteiger partial charge in [-0.2, -0.15) is 0 Å². The highest BCUT2D eigenvalue weighted by molar-refractivity contribution is 5.95. The summed E-state index contributed by atoms with van der Waals surface area (Å²) >= 11 is 0. The van der Waals surface area contributed by atoms with Crippen LogP contribution in [0.5, 0.6) is 0 Å². The Balaban J connectivity index is 1.51. The van der Waals surface area contributed by atoms with Gasteiger partial charge in [-0.15, -0.1) is 10.2 Å². The van der Waals surface area contributed by atoms with E-state index >= 15 is 0 Å². The van der Waals surface area contributed by atoms with Crippen molar-refractivity contribution in [3.05, 3.63) is 66.0 Å². The summed E-state index contributed by atoms with van der Waals surface area (Å²) in [5.74, 6) is 1.55. The lowest BCUT2D eigenvalue weighted by Crippen LogP contribution is -2.54. The first-order chi connectivity index (χ1) is 15.2. The van der Waals surface area contributed by atoms with E-state index in [1.807, 2.05) is 63.9 Å². The summed E-state index contributed by atoms with van der Waals surface area (Å²) in [6.45, 7) is 4.38. The second-order valence-corrected chi connectivity index (χ2v) is 7.80. The van der Waals surface area contributed by atoms with E-state index in [4.69, 9.17) is 9.72 Å². The number of carbonyl (C=O) groups excluding carboxylic acids is 1. The second-order valence-electron chi connectivity index (χ2n) is 7.80. The molecule has 1 aliphatic heterocycles. The standard InChI is InChI=1S/C23H24N6O2/c1-16-14-27(12-13-28(16)22(30)17-8-4-3-5-9-17)23-24-19-11-7-6-10-18(19)21-26-25-20(15-31-2)29(21)23/h3-11,16H,12-15H2,1-2H3/t16-/m1/s1. The molecule has 5 rings (SSSR count). The number of ether oxygens (including phenoxy) is 1. The van der Waals surface area contributed by atoms with Gasteiger partial charge in [0.25, 0.3) is 5.91 Å². The molecule has 0 N–H and O–H groups in total. The third kappa shape index (κ3) is 3.38. The molecule has 0 aliphatic carbocycles. The van der Waals surface area contributed by atoms with Gasteiger partial charge in [-0.25, -0.2) is 9.38 Å². The van der Waals surface area contributed by atoms with Gasteiger partial charge in [0.15, 0.2) is 11.5 Å². The molecule has 1 aliphatic rings. The maximum Gasteiger partial charge on any atom is 0.254 e. The Kier molecular flexibility index (Phi) is 4.99. The van der Waals surface area contributed by atoms with Gasteiger partial charge in [0.1, 0.15) is 6.61 Å². The fraction of sp³-hybridized carbons (Fsp3) is 0.304. The van der Waals surface area contributed by atoms with Crippen LogP contribution in [0.1, 0.15) is 23.1 Å². The molecule has 0 bridgehead atoms. The summed E-state index contributed by atoms with van der Waals surface area (Å²) in [4.78, 5) is 22.1. The fourth-order valence-electron chi connectivity index (χ4n) is 4.24. The average Bonchev–Trinajstić information content (AvgIpc) is 3.23. The summed E-state index contributed by atoms with van der Waals surface area (Å²) in [5.41, 5.74) is 2.36. The molecule has 158 valence electrons. The van der Waals surface area contributed by atoms with Crippen LogP contribution in [0.25, 0.3) is 16.6 Å². The van der Waals surface area contributed by atoms with E-state index in [1.165, 1.54) is 0 Å². The van der Waals surface area contributed by atoms with E-state index in [9.17, 15) is 4.79 Å². The largest absolute Gasteiger partial charge is 0.377 e. The van der Waals surface area contributed by atoms with Crippen LogP contribution in [0.3, 0.4) is 0 Å². The molecule has 0 radical (unpaired) electrons. The monoisotopic (exact) mass is 416 g/mol. The molecule has 0 saturated carbocycles. The molecule has 0 unspecified atom stereocenters. The Labute approximate surface area is 180 Å². The third-order valence-electron chi connectivity index (χ3n) is 5.76. The number of methoxy groups -OCH3 is 1. The lowest BCUT2D eigenvalue weighted by molar-refractivity contribution is 0.0673. The van der Waals surface area contributed by atoms with E-state index in [0.29, 0.717) is 32.1 Å². The van der Waals surface area contributed by atoms with Crippen LogP contribution in [-0.4, -0.2) is 63.2 Å². The first kappa shape index (κ1) is 19.4. The lowest BCUT2D eigenvalue weighted by Gasteiger charge is -2.40. The van der Waals surface area contributed by atoms with Crippen molar-refractivity contribution in [1.82, 2.24) is 24.5 Å². The van der Waals surface area contributed by atoms with E-state index in [0.717, 1.165) is 28.1 Å². The summed E-state index contributed by atoms with van der Waals surface area (Å²) < 4.78 is 7.32. The number of aromatic nitrogens is 4. The molecule has 2 aromatic heterocycles. The van der Waals surface area contributed by atoms with E-state index in [1.54, 1.807) is 7.11 Å². The molecule has 8 heteroatoms. The predicted octanol–water partition coefficient (Wildman–Crippen LogP) is 2.77. The normalized spacial score (nSPS) is 16.9.